The van der Waals surface area contributed by atoms with Gasteiger partial charge in [0.1, 0.15) is 11.5 Å². The number of carbonyl (C=O) groups is 1. The lowest BCUT2D eigenvalue weighted by Gasteiger charge is -2.16. The van der Waals surface area contributed by atoms with E-state index in [0.29, 0.717) is 23.7 Å². The molecule has 2 aromatic rings. The molecular weight excluding hydrogens is 316 g/mol. The molecule has 0 fully saturated rings. The number of rotatable bonds is 9. The van der Waals surface area contributed by atoms with E-state index in [2.05, 4.69) is 29.6 Å². The second-order valence-corrected chi connectivity index (χ2v) is 5.98. The first-order valence-corrected chi connectivity index (χ1v) is 8.36. The second kappa shape index (κ2) is 9.69. The number of aryl methyl sites for hydroxylation is 1. The van der Waals surface area contributed by atoms with Crippen molar-refractivity contribution in [1.82, 2.24) is 4.90 Å². The van der Waals surface area contributed by atoms with Gasteiger partial charge >= 0.3 is 0 Å². The summed E-state index contributed by atoms with van der Waals surface area (Å²) in [5, 5.41) is 2.89. The molecule has 0 aliphatic rings. The van der Waals surface area contributed by atoms with Crippen LogP contribution in [0.2, 0.25) is 0 Å². The predicted octanol–water partition coefficient (Wildman–Crippen LogP) is 3.21. The number of likely N-dealkylation sites (N-methyl/N-ethyl adjacent to an activating group) is 1. The third-order valence-corrected chi connectivity index (χ3v) is 3.90. The second-order valence-electron chi connectivity index (χ2n) is 5.98. The molecule has 0 saturated carbocycles. The number of hydrogen-bond acceptors (Lipinski definition) is 4. The van der Waals surface area contributed by atoms with Gasteiger partial charge in [0.25, 0.3) is 0 Å². The summed E-state index contributed by atoms with van der Waals surface area (Å²) in [6.45, 7) is 1.21. The van der Waals surface area contributed by atoms with Crippen molar-refractivity contribution in [2.45, 2.75) is 12.8 Å². The first kappa shape index (κ1) is 18.8. The molecule has 2 rings (SSSR count). The normalized spacial score (nSPS) is 10.6. The molecule has 0 aliphatic carbocycles. The molecule has 1 N–H and O–H groups in total. The van der Waals surface area contributed by atoms with E-state index < -0.39 is 0 Å². The van der Waals surface area contributed by atoms with E-state index in [4.69, 9.17) is 9.47 Å². The van der Waals surface area contributed by atoms with Gasteiger partial charge in [-0.15, -0.1) is 0 Å². The zero-order valence-electron chi connectivity index (χ0n) is 15.1. The summed E-state index contributed by atoms with van der Waals surface area (Å²) in [6.07, 6.45) is 2.03. The van der Waals surface area contributed by atoms with Crippen LogP contribution in [0.3, 0.4) is 0 Å². The maximum Gasteiger partial charge on any atom is 0.238 e. The topological polar surface area (TPSA) is 50.8 Å². The first-order chi connectivity index (χ1) is 12.1. The Morgan fingerprint density at radius 2 is 1.68 bits per heavy atom. The van der Waals surface area contributed by atoms with Gasteiger partial charge in [0.15, 0.2) is 0 Å². The van der Waals surface area contributed by atoms with Crippen molar-refractivity contribution in [2.75, 3.05) is 39.7 Å². The monoisotopic (exact) mass is 342 g/mol. The molecule has 5 heteroatoms. The lowest BCUT2D eigenvalue weighted by atomic mass is 10.1. The van der Waals surface area contributed by atoms with Crippen LogP contribution in [0, 0.1) is 0 Å². The van der Waals surface area contributed by atoms with Crippen molar-refractivity contribution in [3.8, 4) is 11.5 Å². The van der Waals surface area contributed by atoms with E-state index in [-0.39, 0.29) is 5.91 Å². The standard InChI is InChI=1S/C20H26N2O3/c1-22(11-7-10-16-8-5-4-6-9-16)15-20(23)21-17-12-18(24-2)14-19(13-17)25-3/h4-6,8-9,12-14H,7,10-11,15H2,1-3H3,(H,21,23). The molecule has 0 bridgehead atoms. The van der Waals surface area contributed by atoms with E-state index in [0.717, 1.165) is 19.4 Å². The summed E-state index contributed by atoms with van der Waals surface area (Å²) in [6, 6.07) is 15.7. The van der Waals surface area contributed by atoms with Gasteiger partial charge in [-0.1, -0.05) is 30.3 Å². The minimum absolute atomic E-state index is 0.0579. The van der Waals surface area contributed by atoms with Crippen LogP contribution in [0.4, 0.5) is 5.69 Å². The van der Waals surface area contributed by atoms with Gasteiger partial charge in [-0.05, 0) is 32.0 Å². The zero-order chi connectivity index (χ0) is 18.1. The number of carbonyl (C=O) groups excluding carboxylic acids is 1. The molecule has 0 radical (unpaired) electrons. The zero-order valence-corrected chi connectivity index (χ0v) is 15.1. The number of ether oxygens (including phenoxy) is 2. The van der Waals surface area contributed by atoms with Crippen molar-refractivity contribution < 1.29 is 14.3 Å². The molecule has 0 spiro atoms. The van der Waals surface area contributed by atoms with Crippen molar-refractivity contribution >= 4 is 11.6 Å². The quantitative estimate of drug-likeness (QED) is 0.760. The average Bonchev–Trinajstić information content (AvgIpc) is 2.62. The maximum absolute atomic E-state index is 12.2. The Hall–Kier alpha value is -2.53. The van der Waals surface area contributed by atoms with Crippen LogP contribution in [-0.2, 0) is 11.2 Å². The van der Waals surface area contributed by atoms with Gasteiger partial charge < -0.3 is 14.8 Å². The fourth-order valence-electron chi connectivity index (χ4n) is 2.60. The summed E-state index contributed by atoms with van der Waals surface area (Å²) in [5.41, 5.74) is 1.99. The van der Waals surface area contributed by atoms with E-state index in [1.165, 1.54) is 5.56 Å². The Kier molecular flexibility index (Phi) is 7.29. The Bertz CT molecular complexity index is 652. The molecule has 0 heterocycles. The van der Waals surface area contributed by atoms with E-state index in [9.17, 15) is 4.79 Å². The minimum Gasteiger partial charge on any atom is -0.497 e. The fourth-order valence-corrected chi connectivity index (χ4v) is 2.60. The number of nitrogens with one attached hydrogen (secondary N) is 1. The summed E-state index contributed by atoms with van der Waals surface area (Å²) >= 11 is 0. The van der Waals surface area contributed by atoms with Gasteiger partial charge in [0.2, 0.25) is 5.91 Å². The molecule has 0 atom stereocenters. The van der Waals surface area contributed by atoms with Gasteiger partial charge in [-0.2, -0.15) is 0 Å². The van der Waals surface area contributed by atoms with Crippen LogP contribution in [-0.4, -0.2) is 45.2 Å². The highest BCUT2D eigenvalue weighted by molar-refractivity contribution is 5.92. The highest BCUT2D eigenvalue weighted by Crippen LogP contribution is 2.25. The minimum atomic E-state index is -0.0579. The number of nitrogens with zero attached hydrogens (tertiary/aromatic N) is 1. The van der Waals surface area contributed by atoms with Crippen LogP contribution in [0.1, 0.15) is 12.0 Å². The van der Waals surface area contributed by atoms with E-state index in [1.54, 1.807) is 32.4 Å². The van der Waals surface area contributed by atoms with Crippen molar-refractivity contribution in [1.29, 1.82) is 0 Å². The van der Waals surface area contributed by atoms with Crippen LogP contribution in [0.15, 0.2) is 48.5 Å². The Morgan fingerprint density at radius 3 is 2.28 bits per heavy atom. The van der Waals surface area contributed by atoms with Crippen LogP contribution in [0.25, 0.3) is 0 Å². The molecule has 5 nitrogen and oxygen atoms in total. The lowest BCUT2D eigenvalue weighted by molar-refractivity contribution is -0.117. The Balaban J connectivity index is 1.79. The highest BCUT2D eigenvalue weighted by atomic mass is 16.5. The SMILES string of the molecule is COc1cc(NC(=O)CN(C)CCCc2ccccc2)cc(OC)c1. The molecular formula is C20H26N2O3. The molecule has 2 aromatic carbocycles. The third kappa shape index (κ3) is 6.47. The summed E-state index contributed by atoms with van der Waals surface area (Å²) in [4.78, 5) is 14.2. The fraction of sp³-hybridized carbons (Fsp3) is 0.350. The summed E-state index contributed by atoms with van der Waals surface area (Å²) in [5.74, 6) is 1.23. The average molecular weight is 342 g/mol. The number of methoxy groups -OCH3 is 2. The lowest BCUT2D eigenvalue weighted by Crippen LogP contribution is -2.31. The van der Waals surface area contributed by atoms with Crippen molar-refractivity contribution in [3.63, 3.8) is 0 Å². The molecule has 0 saturated heterocycles. The van der Waals surface area contributed by atoms with Crippen molar-refractivity contribution in [2.24, 2.45) is 0 Å². The summed E-state index contributed by atoms with van der Waals surface area (Å²) in [7, 11) is 5.12. The predicted molar refractivity (Wildman–Crippen MR) is 100 cm³/mol. The Labute approximate surface area is 149 Å². The first-order valence-electron chi connectivity index (χ1n) is 8.36. The summed E-state index contributed by atoms with van der Waals surface area (Å²) < 4.78 is 10.4. The van der Waals surface area contributed by atoms with Crippen LogP contribution < -0.4 is 14.8 Å². The number of anilines is 1. The number of benzene rings is 2. The smallest absolute Gasteiger partial charge is 0.238 e. The number of amides is 1. The molecule has 0 aliphatic heterocycles. The molecule has 0 unspecified atom stereocenters. The van der Waals surface area contributed by atoms with E-state index in [1.807, 2.05) is 18.0 Å². The molecule has 1 amide bonds. The molecule has 134 valence electrons. The van der Waals surface area contributed by atoms with E-state index >= 15 is 0 Å². The largest absolute Gasteiger partial charge is 0.497 e. The van der Waals surface area contributed by atoms with Crippen LogP contribution in [0.5, 0.6) is 11.5 Å². The Morgan fingerprint density at radius 1 is 1.04 bits per heavy atom. The van der Waals surface area contributed by atoms with Crippen LogP contribution >= 0.6 is 0 Å². The molecule has 25 heavy (non-hydrogen) atoms. The van der Waals surface area contributed by atoms with Gasteiger partial charge in [0, 0.05) is 23.9 Å². The number of hydrogen-bond donors (Lipinski definition) is 1. The highest BCUT2D eigenvalue weighted by Gasteiger charge is 2.09. The third-order valence-electron chi connectivity index (χ3n) is 3.90. The maximum atomic E-state index is 12.2. The molecule has 0 aromatic heterocycles. The van der Waals surface area contributed by atoms with Crippen molar-refractivity contribution in [3.05, 3.63) is 54.1 Å². The van der Waals surface area contributed by atoms with Gasteiger partial charge in [-0.25, -0.2) is 0 Å². The van der Waals surface area contributed by atoms with Gasteiger partial charge in [-0.3, -0.25) is 9.69 Å². The van der Waals surface area contributed by atoms with Gasteiger partial charge in [0.05, 0.1) is 20.8 Å².